The zero-order chi connectivity index (χ0) is 15.2. The first-order chi connectivity index (χ1) is 10.0. The van der Waals surface area contributed by atoms with Gasteiger partial charge in [0.15, 0.2) is 6.61 Å². The summed E-state index contributed by atoms with van der Waals surface area (Å²) < 4.78 is 19.5. The Balaban J connectivity index is 1.80. The molecule has 0 aliphatic heterocycles. The Hall–Kier alpha value is -1.59. The van der Waals surface area contributed by atoms with Crippen molar-refractivity contribution in [3.63, 3.8) is 0 Å². The van der Waals surface area contributed by atoms with Gasteiger partial charge in [0.25, 0.3) is 5.91 Å². The van der Waals surface area contributed by atoms with E-state index in [1.807, 2.05) is 0 Å². The van der Waals surface area contributed by atoms with Crippen LogP contribution in [0.25, 0.3) is 0 Å². The van der Waals surface area contributed by atoms with E-state index in [1.165, 1.54) is 6.07 Å². The van der Waals surface area contributed by atoms with E-state index in [-0.39, 0.29) is 24.9 Å². The van der Waals surface area contributed by atoms with Gasteiger partial charge >= 0.3 is 0 Å². The van der Waals surface area contributed by atoms with Crippen molar-refractivity contribution in [1.82, 2.24) is 5.32 Å². The van der Waals surface area contributed by atoms with Crippen LogP contribution in [0.1, 0.15) is 5.56 Å². The normalized spacial score (nSPS) is 10.2. The van der Waals surface area contributed by atoms with Gasteiger partial charge in [0.05, 0.1) is 0 Å². The third-order valence-electron chi connectivity index (χ3n) is 2.67. The van der Waals surface area contributed by atoms with Gasteiger partial charge < -0.3 is 10.1 Å². The summed E-state index contributed by atoms with van der Waals surface area (Å²) in [5, 5.41) is 3.19. The largest absolute Gasteiger partial charge is 0.484 e. The average Bonchev–Trinajstić information content (AvgIpc) is 2.46. The molecular weight excluding hydrogens is 361 g/mol. The fourth-order valence-electron chi connectivity index (χ4n) is 1.59. The van der Waals surface area contributed by atoms with Crippen LogP contribution in [0.15, 0.2) is 46.9 Å². The second-order valence-electron chi connectivity index (χ2n) is 4.26. The van der Waals surface area contributed by atoms with E-state index in [0.717, 1.165) is 0 Å². The van der Waals surface area contributed by atoms with E-state index < -0.39 is 0 Å². The van der Waals surface area contributed by atoms with Crippen LogP contribution in [0.4, 0.5) is 4.39 Å². The Kier molecular flexibility index (Phi) is 5.59. The number of nitrogens with one attached hydrogen (secondary N) is 1. The summed E-state index contributed by atoms with van der Waals surface area (Å²) in [7, 11) is 0. The molecule has 0 atom stereocenters. The molecule has 3 nitrogen and oxygen atoms in total. The van der Waals surface area contributed by atoms with E-state index >= 15 is 0 Å². The molecule has 0 spiro atoms. The molecule has 0 heterocycles. The zero-order valence-electron chi connectivity index (χ0n) is 10.9. The number of hydrogen-bond donors (Lipinski definition) is 1. The first-order valence-corrected chi connectivity index (χ1v) is 7.30. The molecule has 2 aromatic carbocycles. The summed E-state index contributed by atoms with van der Waals surface area (Å²) in [6.45, 7) is -0.0261. The quantitative estimate of drug-likeness (QED) is 0.863. The highest BCUT2D eigenvalue weighted by atomic mass is 79.9. The molecule has 6 heteroatoms. The van der Waals surface area contributed by atoms with Crippen molar-refractivity contribution in [1.29, 1.82) is 0 Å². The summed E-state index contributed by atoms with van der Waals surface area (Å²) in [4.78, 5) is 11.6. The van der Waals surface area contributed by atoms with Gasteiger partial charge in [-0.05, 0) is 36.4 Å². The molecule has 0 radical (unpaired) electrons. The van der Waals surface area contributed by atoms with Crippen LogP contribution < -0.4 is 10.1 Å². The fourth-order valence-corrected chi connectivity index (χ4v) is 2.05. The van der Waals surface area contributed by atoms with Gasteiger partial charge in [-0.2, -0.15) is 0 Å². The van der Waals surface area contributed by atoms with Crippen molar-refractivity contribution >= 4 is 33.4 Å². The molecule has 0 unspecified atom stereocenters. The highest BCUT2D eigenvalue weighted by Gasteiger charge is 2.06. The van der Waals surface area contributed by atoms with Crippen LogP contribution in [0, 0.1) is 5.82 Å². The topological polar surface area (TPSA) is 38.3 Å². The predicted octanol–water partition coefficient (Wildman–Crippen LogP) is 3.94. The van der Waals surface area contributed by atoms with E-state index in [9.17, 15) is 9.18 Å². The smallest absolute Gasteiger partial charge is 0.258 e. The number of ether oxygens (including phenoxy) is 1. The Morgan fingerprint density at radius 3 is 2.62 bits per heavy atom. The standard InChI is InChI=1S/C15H12BrClFNO2/c16-11-2-1-10(14(18)7-11)8-19-15(20)9-21-13-5-3-12(17)4-6-13/h1-7H,8-9H2,(H,19,20). The molecule has 0 aliphatic carbocycles. The molecule has 2 rings (SSSR count). The molecule has 1 N–H and O–H groups in total. The fraction of sp³-hybridized carbons (Fsp3) is 0.133. The van der Waals surface area contributed by atoms with Crippen molar-refractivity contribution in [2.75, 3.05) is 6.61 Å². The highest BCUT2D eigenvalue weighted by Crippen LogP contribution is 2.16. The lowest BCUT2D eigenvalue weighted by Crippen LogP contribution is -2.28. The second kappa shape index (κ2) is 7.43. The van der Waals surface area contributed by atoms with E-state index in [0.29, 0.717) is 20.8 Å². The maximum atomic E-state index is 13.6. The number of hydrogen-bond acceptors (Lipinski definition) is 2. The lowest BCUT2D eigenvalue weighted by Gasteiger charge is -2.08. The summed E-state index contributed by atoms with van der Waals surface area (Å²) in [6, 6.07) is 11.4. The summed E-state index contributed by atoms with van der Waals surface area (Å²) in [5.41, 5.74) is 0.415. The Bertz CT molecular complexity index is 634. The molecule has 0 aliphatic rings. The van der Waals surface area contributed by atoms with Gasteiger partial charge in [0.1, 0.15) is 11.6 Å². The van der Waals surface area contributed by atoms with E-state index in [1.54, 1.807) is 36.4 Å². The lowest BCUT2D eigenvalue weighted by molar-refractivity contribution is -0.123. The van der Waals surface area contributed by atoms with Crippen LogP contribution in [0.2, 0.25) is 5.02 Å². The third kappa shape index (κ3) is 5.02. The van der Waals surface area contributed by atoms with Crippen molar-refractivity contribution in [2.24, 2.45) is 0 Å². The maximum Gasteiger partial charge on any atom is 0.258 e. The summed E-state index contributed by atoms with van der Waals surface area (Å²) >= 11 is 8.92. The van der Waals surface area contributed by atoms with Crippen LogP contribution in [0.3, 0.4) is 0 Å². The van der Waals surface area contributed by atoms with Gasteiger partial charge in [0, 0.05) is 21.6 Å². The van der Waals surface area contributed by atoms with Gasteiger partial charge in [-0.1, -0.05) is 33.6 Å². The third-order valence-corrected chi connectivity index (χ3v) is 3.42. The van der Waals surface area contributed by atoms with Crippen molar-refractivity contribution in [2.45, 2.75) is 6.54 Å². The number of halogens is 3. The van der Waals surface area contributed by atoms with Crippen molar-refractivity contribution < 1.29 is 13.9 Å². The summed E-state index contributed by atoms with van der Waals surface area (Å²) in [6.07, 6.45) is 0. The Morgan fingerprint density at radius 1 is 1.24 bits per heavy atom. The van der Waals surface area contributed by atoms with Gasteiger partial charge in [-0.3, -0.25) is 4.79 Å². The van der Waals surface area contributed by atoms with E-state index in [4.69, 9.17) is 16.3 Å². The molecule has 0 bridgehead atoms. The molecule has 21 heavy (non-hydrogen) atoms. The Labute approximate surface area is 135 Å². The van der Waals surface area contributed by atoms with Gasteiger partial charge in [-0.15, -0.1) is 0 Å². The maximum absolute atomic E-state index is 13.6. The van der Waals surface area contributed by atoms with Crippen molar-refractivity contribution in [3.05, 3.63) is 63.3 Å². The minimum Gasteiger partial charge on any atom is -0.484 e. The lowest BCUT2D eigenvalue weighted by atomic mass is 10.2. The number of benzene rings is 2. The van der Waals surface area contributed by atoms with Crippen LogP contribution in [-0.4, -0.2) is 12.5 Å². The second-order valence-corrected chi connectivity index (χ2v) is 5.61. The monoisotopic (exact) mass is 371 g/mol. The van der Waals surface area contributed by atoms with E-state index in [2.05, 4.69) is 21.2 Å². The van der Waals surface area contributed by atoms with Crippen molar-refractivity contribution in [3.8, 4) is 5.75 Å². The molecule has 0 fully saturated rings. The molecule has 0 saturated carbocycles. The molecule has 0 saturated heterocycles. The minimum absolute atomic E-state index is 0.113. The van der Waals surface area contributed by atoms with Crippen LogP contribution in [-0.2, 0) is 11.3 Å². The minimum atomic E-state index is -0.372. The molecule has 2 aromatic rings. The van der Waals surface area contributed by atoms with Crippen LogP contribution in [0.5, 0.6) is 5.75 Å². The predicted molar refractivity (Wildman–Crippen MR) is 82.9 cm³/mol. The van der Waals surface area contributed by atoms with Gasteiger partial charge in [-0.25, -0.2) is 4.39 Å². The SMILES string of the molecule is O=C(COc1ccc(Cl)cc1)NCc1ccc(Br)cc1F. The molecular formula is C15H12BrClFNO2. The molecule has 1 amide bonds. The van der Waals surface area contributed by atoms with Gasteiger partial charge in [0.2, 0.25) is 0 Å². The molecule has 0 aromatic heterocycles. The first-order valence-electron chi connectivity index (χ1n) is 6.13. The zero-order valence-corrected chi connectivity index (χ0v) is 13.2. The number of carbonyl (C=O) groups excluding carboxylic acids is 1. The molecule has 110 valence electrons. The number of carbonyl (C=O) groups is 1. The number of amides is 1. The number of rotatable bonds is 5. The first kappa shape index (κ1) is 15.8. The average molecular weight is 373 g/mol. The summed E-state index contributed by atoms with van der Waals surface area (Å²) in [5.74, 6) is -0.153. The van der Waals surface area contributed by atoms with Crippen LogP contribution >= 0.6 is 27.5 Å². The Morgan fingerprint density at radius 2 is 1.95 bits per heavy atom. The highest BCUT2D eigenvalue weighted by molar-refractivity contribution is 9.10.